The monoisotopic (exact) mass is 394 g/mol. The molecular weight excluding hydrogens is 360 g/mol. The fraction of sp³-hybridized carbons (Fsp3) is 0.591. The predicted octanol–water partition coefficient (Wildman–Crippen LogP) is 5.21. The standard InChI is InChI=1S/C22H34O6/c1-5-8-10-16(7-3)13-18(21(25)26)14-17(11-9-6-2)19(22(27)28)12-15(4)20(23)24/h12,14,16H,5-11,13H2,1-4H3,(H,23,24)(H,25,26)(H,27,28). The molecule has 0 aliphatic carbocycles. The molecule has 0 amide bonds. The molecule has 0 aromatic carbocycles. The molecule has 6 nitrogen and oxygen atoms in total. The zero-order valence-corrected chi connectivity index (χ0v) is 17.5. The Balaban J connectivity index is 6.21. The van der Waals surface area contributed by atoms with Crippen LogP contribution in [0.15, 0.2) is 34.4 Å². The van der Waals surface area contributed by atoms with Gasteiger partial charge in [0.15, 0.2) is 0 Å². The summed E-state index contributed by atoms with van der Waals surface area (Å²) in [6, 6.07) is 0. The second-order valence-electron chi connectivity index (χ2n) is 7.08. The van der Waals surface area contributed by atoms with Crippen LogP contribution in [0.5, 0.6) is 0 Å². The van der Waals surface area contributed by atoms with Crippen molar-refractivity contribution in [1.82, 2.24) is 0 Å². The Bertz CT molecular complexity index is 639. The van der Waals surface area contributed by atoms with Crippen molar-refractivity contribution in [2.24, 2.45) is 5.92 Å². The SMILES string of the molecule is CCCCC(C=C(CC(CC)CCCC)C(=O)O)=C(C=C(C)C(=O)O)C(=O)O. The first-order valence-electron chi connectivity index (χ1n) is 9.99. The van der Waals surface area contributed by atoms with Gasteiger partial charge in [-0.15, -0.1) is 0 Å². The Labute approximate surface area is 167 Å². The van der Waals surface area contributed by atoms with E-state index in [1.54, 1.807) is 0 Å². The summed E-state index contributed by atoms with van der Waals surface area (Å²) in [5.41, 5.74) is 0.270. The topological polar surface area (TPSA) is 112 Å². The molecule has 0 aromatic rings. The molecule has 3 N–H and O–H groups in total. The van der Waals surface area contributed by atoms with Gasteiger partial charge in [-0.25, -0.2) is 14.4 Å². The van der Waals surface area contributed by atoms with E-state index in [0.717, 1.165) is 38.2 Å². The van der Waals surface area contributed by atoms with E-state index in [9.17, 15) is 24.6 Å². The second kappa shape index (κ2) is 13.7. The maximum absolute atomic E-state index is 11.8. The van der Waals surface area contributed by atoms with Crippen molar-refractivity contribution in [3.63, 3.8) is 0 Å². The first-order valence-corrected chi connectivity index (χ1v) is 9.99. The minimum absolute atomic E-state index is 0.106. The molecule has 0 bridgehead atoms. The Morgan fingerprint density at radius 3 is 1.89 bits per heavy atom. The van der Waals surface area contributed by atoms with E-state index >= 15 is 0 Å². The number of allylic oxidation sites excluding steroid dienone is 2. The van der Waals surface area contributed by atoms with Crippen LogP contribution in [0.3, 0.4) is 0 Å². The van der Waals surface area contributed by atoms with Gasteiger partial charge >= 0.3 is 17.9 Å². The highest BCUT2D eigenvalue weighted by Gasteiger charge is 2.18. The summed E-state index contributed by atoms with van der Waals surface area (Å²) < 4.78 is 0. The van der Waals surface area contributed by atoms with Crippen molar-refractivity contribution in [1.29, 1.82) is 0 Å². The lowest BCUT2D eigenvalue weighted by atomic mass is 9.89. The minimum Gasteiger partial charge on any atom is -0.478 e. The molecule has 1 atom stereocenters. The Morgan fingerprint density at radius 1 is 0.857 bits per heavy atom. The van der Waals surface area contributed by atoms with E-state index < -0.39 is 17.9 Å². The van der Waals surface area contributed by atoms with E-state index in [2.05, 4.69) is 6.92 Å². The summed E-state index contributed by atoms with van der Waals surface area (Å²) in [5, 5.41) is 28.3. The molecule has 0 saturated carbocycles. The van der Waals surface area contributed by atoms with Crippen molar-refractivity contribution in [2.75, 3.05) is 0 Å². The van der Waals surface area contributed by atoms with E-state index in [0.29, 0.717) is 24.8 Å². The van der Waals surface area contributed by atoms with Crippen LogP contribution >= 0.6 is 0 Å². The van der Waals surface area contributed by atoms with Gasteiger partial charge in [-0.1, -0.05) is 52.9 Å². The first-order chi connectivity index (χ1) is 13.2. The molecule has 1 unspecified atom stereocenters. The quantitative estimate of drug-likeness (QED) is 0.275. The van der Waals surface area contributed by atoms with Crippen LogP contribution in [0.25, 0.3) is 0 Å². The molecule has 0 radical (unpaired) electrons. The van der Waals surface area contributed by atoms with Crippen LogP contribution in [0.4, 0.5) is 0 Å². The largest absolute Gasteiger partial charge is 0.478 e. The molecule has 0 aliphatic rings. The smallest absolute Gasteiger partial charge is 0.335 e. The predicted molar refractivity (Wildman–Crippen MR) is 109 cm³/mol. The van der Waals surface area contributed by atoms with Crippen molar-refractivity contribution in [3.05, 3.63) is 34.4 Å². The molecule has 158 valence electrons. The summed E-state index contributed by atoms with van der Waals surface area (Å²) in [6.07, 6.45) is 8.63. The van der Waals surface area contributed by atoms with E-state index in [-0.39, 0.29) is 22.6 Å². The molecule has 28 heavy (non-hydrogen) atoms. The van der Waals surface area contributed by atoms with E-state index in [1.165, 1.54) is 13.0 Å². The number of hydrogen-bond donors (Lipinski definition) is 3. The molecule has 0 spiro atoms. The summed E-state index contributed by atoms with van der Waals surface area (Å²) in [5.74, 6) is -3.31. The average molecular weight is 395 g/mol. The molecule has 0 saturated heterocycles. The van der Waals surface area contributed by atoms with Crippen molar-refractivity contribution in [2.45, 2.75) is 79.1 Å². The molecule has 0 fully saturated rings. The van der Waals surface area contributed by atoms with Gasteiger partial charge in [0.2, 0.25) is 0 Å². The van der Waals surface area contributed by atoms with Gasteiger partial charge in [0.1, 0.15) is 0 Å². The molecule has 0 rings (SSSR count). The van der Waals surface area contributed by atoms with E-state index in [1.807, 2.05) is 13.8 Å². The molecule has 0 aromatic heterocycles. The number of carbonyl (C=O) groups is 3. The molecular formula is C22H34O6. The third-order valence-electron chi connectivity index (χ3n) is 4.75. The average Bonchev–Trinajstić information content (AvgIpc) is 2.64. The van der Waals surface area contributed by atoms with Crippen LogP contribution in [-0.4, -0.2) is 33.2 Å². The van der Waals surface area contributed by atoms with Gasteiger partial charge < -0.3 is 15.3 Å². The highest BCUT2D eigenvalue weighted by atomic mass is 16.4. The van der Waals surface area contributed by atoms with Gasteiger partial charge in [-0.05, 0) is 49.8 Å². The summed E-state index contributed by atoms with van der Waals surface area (Å²) in [7, 11) is 0. The molecule has 0 heterocycles. The summed E-state index contributed by atoms with van der Waals surface area (Å²) in [6.45, 7) is 7.39. The highest BCUT2D eigenvalue weighted by molar-refractivity contribution is 5.96. The first kappa shape index (κ1) is 25.6. The molecule has 6 heteroatoms. The maximum Gasteiger partial charge on any atom is 0.335 e. The summed E-state index contributed by atoms with van der Waals surface area (Å²) in [4.78, 5) is 34.7. The zero-order valence-electron chi connectivity index (χ0n) is 17.5. The zero-order chi connectivity index (χ0) is 21.7. The fourth-order valence-electron chi connectivity index (χ4n) is 2.89. The van der Waals surface area contributed by atoms with E-state index in [4.69, 9.17) is 5.11 Å². The number of rotatable bonds is 14. The number of carboxylic acid groups (broad SMARTS) is 3. The number of hydrogen-bond acceptors (Lipinski definition) is 3. The van der Waals surface area contributed by atoms with Crippen molar-refractivity contribution in [3.8, 4) is 0 Å². The summed E-state index contributed by atoms with van der Waals surface area (Å²) >= 11 is 0. The maximum atomic E-state index is 11.8. The van der Waals surface area contributed by atoms with Gasteiger partial charge in [-0.2, -0.15) is 0 Å². The van der Waals surface area contributed by atoms with Crippen molar-refractivity contribution < 1.29 is 29.7 Å². The third kappa shape index (κ3) is 9.53. The number of unbranched alkanes of at least 4 members (excludes halogenated alkanes) is 2. The van der Waals surface area contributed by atoms with Gasteiger partial charge in [-0.3, -0.25) is 0 Å². The molecule has 0 aliphatic heterocycles. The van der Waals surface area contributed by atoms with Gasteiger partial charge in [0, 0.05) is 11.1 Å². The lowest BCUT2D eigenvalue weighted by molar-refractivity contribution is -0.134. The third-order valence-corrected chi connectivity index (χ3v) is 4.75. The van der Waals surface area contributed by atoms with Crippen LogP contribution in [-0.2, 0) is 14.4 Å². The fourth-order valence-corrected chi connectivity index (χ4v) is 2.89. The van der Waals surface area contributed by atoms with Gasteiger partial charge in [0.05, 0.1) is 5.57 Å². The Hall–Kier alpha value is -2.37. The Morgan fingerprint density at radius 2 is 1.46 bits per heavy atom. The lowest BCUT2D eigenvalue weighted by Crippen LogP contribution is -2.10. The highest BCUT2D eigenvalue weighted by Crippen LogP contribution is 2.25. The van der Waals surface area contributed by atoms with Crippen molar-refractivity contribution >= 4 is 17.9 Å². The van der Waals surface area contributed by atoms with Crippen LogP contribution in [0.2, 0.25) is 0 Å². The normalized spacial score (nSPS) is 14.4. The minimum atomic E-state index is -1.26. The number of aliphatic carboxylic acids is 3. The number of carboxylic acids is 3. The lowest BCUT2D eigenvalue weighted by Gasteiger charge is -2.16. The Kier molecular flexibility index (Phi) is 12.6. The van der Waals surface area contributed by atoms with Gasteiger partial charge in [0.25, 0.3) is 0 Å². The van der Waals surface area contributed by atoms with Crippen LogP contribution in [0.1, 0.15) is 79.1 Å². The second-order valence-corrected chi connectivity index (χ2v) is 7.08. The van der Waals surface area contributed by atoms with Crippen LogP contribution in [0, 0.1) is 5.92 Å². The van der Waals surface area contributed by atoms with Crippen LogP contribution < -0.4 is 0 Å².